The summed E-state index contributed by atoms with van der Waals surface area (Å²) in [7, 11) is 0. The van der Waals surface area contributed by atoms with Crippen LogP contribution in [0.2, 0.25) is 0 Å². The topological polar surface area (TPSA) is 74.8 Å². The minimum Gasteiger partial charge on any atom is -0.343 e. The molecule has 0 spiro atoms. The lowest BCUT2D eigenvalue weighted by Gasteiger charge is -2.27. The molecule has 1 saturated heterocycles. The van der Waals surface area contributed by atoms with Crippen LogP contribution in [0, 0.1) is 5.41 Å². The van der Waals surface area contributed by atoms with E-state index in [4.69, 9.17) is 0 Å². The van der Waals surface area contributed by atoms with Gasteiger partial charge in [-0.1, -0.05) is 20.8 Å². The zero-order valence-corrected chi connectivity index (χ0v) is 13.9. The molecule has 1 aliphatic rings. The van der Waals surface area contributed by atoms with Crippen LogP contribution < -0.4 is 0 Å². The van der Waals surface area contributed by atoms with Crippen molar-refractivity contribution in [1.82, 2.24) is 24.8 Å². The molecule has 1 fully saturated rings. The summed E-state index contributed by atoms with van der Waals surface area (Å²) in [6, 6.07) is 0.0444. The third-order valence-corrected chi connectivity index (χ3v) is 4.01. The average Bonchev–Trinajstić information content (AvgIpc) is 3.17. The molecule has 6 heteroatoms. The van der Waals surface area contributed by atoms with E-state index in [1.807, 2.05) is 4.90 Å². The molecule has 0 bridgehead atoms. The number of hydrogen-bond donors (Lipinski definition) is 1. The molecular weight excluding hydrogens is 290 g/mol. The highest BCUT2D eigenvalue weighted by atomic mass is 16.2. The first-order valence-electron chi connectivity index (χ1n) is 8.05. The maximum Gasteiger partial charge on any atom is 0.223 e. The van der Waals surface area contributed by atoms with Crippen molar-refractivity contribution >= 4 is 5.91 Å². The van der Waals surface area contributed by atoms with E-state index < -0.39 is 0 Å². The molecule has 23 heavy (non-hydrogen) atoms. The molecule has 1 aliphatic heterocycles. The van der Waals surface area contributed by atoms with Crippen LogP contribution in [0.1, 0.15) is 51.8 Å². The van der Waals surface area contributed by atoms with Gasteiger partial charge in [0.2, 0.25) is 5.91 Å². The summed E-state index contributed by atoms with van der Waals surface area (Å²) in [5, 5.41) is 0. The molecule has 6 nitrogen and oxygen atoms in total. The third-order valence-electron chi connectivity index (χ3n) is 4.01. The Balaban J connectivity index is 1.76. The number of likely N-dealkylation sites (tertiary alicyclic amines) is 1. The average molecular weight is 313 g/mol. The maximum absolute atomic E-state index is 12.6. The van der Waals surface area contributed by atoms with Gasteiger partial charge in [-0.25, -0.2) is 9.97 Å². The normalized spacial score (nSPS) is 18.4. The number of H-pyrrole nitrogens is 1. The highest BCUT2D eigenvalue weighted by Crippen LogP contribution is 2.33. The largest absolute Gasteiger partial charge is 0.343 e. The second-order valence-electron chi connectivity index (χ2n) is 7.25. The van der Waals surface area contributed by atoms with Crippen molar-refractivity contribution in [2.75, 3.05) is 6.54 Å². The van der Waals surface area contributed by atoms with Crippen molar-refractivity contribution < 1.29 is 4.79 Å². The maximum atomic E-state index is 12.6. The fourth-order valence-electron chi connectivity index (χ4n) is 2.97. The first kappa shape index (κ1) is 15.6. The molecule has 1 N–H and O–H groups in total. The van der Waals surface area contributed by atoms with Crippen molar-refractivity contribution in [3.8, 4) is 11.5 Å². The van der Waals surface area contributed by atoms with Crippen molar-refractivity contribution in [1.29, 1.82) is 0 Å². The van der Waals surface area contributed by atoms with E-state index in [0.717, 1.165) is 25.1 Å². The lowest BCUT2D eigenvalue weighted by molar-refractivity contribution is -0.134. The van der Waals surface area contributed by atoms with Crippen molar-refractivity contribution in [3.05, 3.63) is 30.5 Å². The van der Waals surface area contributed by atoms with Gasteiger partial charge in [-0.05, 0) is 18.3 Å². The standard InChI is InChI=1S/C17H23N5O/c1-17(2,3)9-15(23)22-8-4-5-14(22)12-10-21-13(11-20-12)16-18-6-7-19-16/h6-7,10-11,14H,4-5,8-9H2,1-3H3,(H,18,19)/t14-/m0/s1. The first-order chi connectivity index (χ1) is 10.9. The predicted molar refractivity (Wildman–Crippen MR) is 87.4 cm³/mol. The molecule has 3 heterocycles. The SMILES string of the molecule is CC(C)(C)CC(=O)N1CCC[C@H]1c1cnc(-c2ncc[nH]2)cn1. The summed E-state index contributed by atoms with van der Waals surface area (Å²) < 4.78 is 0. The summed E-state index contributed by atoms with van der Waals surface area (Å²) in [6.07, 6.45) is 9.46. The van der Waals surface area contributed by atoms with Gasteiger partial charge in [0, 0.05) is 25.4 Å². The second kappa shape index (κ2) is 6.10. The quantitative estimate of drug-likeness (QED) is 0.945. The van der Waals surface area contributed by atoms with Gasteiger partial charge in [0.1, 0.15) is 5.69 Å². The summed E-state index contributed by atoms with van der Waals surface area (Å²) >= 11 is 0. The number of carbonyl (C=O) groups excluding carboxylic acids is 1. The summed E-state index contributed by atoms with van der Waals surface area (Å²) in [5.74, 6) is 0.910. The van der Waals surface area contributed by atoms with Crippen LogP contribution in [-0.4, -0.2) is 37.3 Å². The molecule has 0 unspecified atom stereocenters. The molecule has 0 radical (unpaired) electrons. The highest BCUT2D eigenvalue weighted by Gasteiger charge is 2.32. The number of hydrogen-bond acceptors (Lipinski definition) is 4. The van der Waals surface area contributed by atoms with Crippen LogP contribution in [0.3, 0.4) is 0 Å². The summed E-state index contributed by atoms with van der Waals surface area (Å²) in [6.45, 7) is 7.08. The van der Waals surface area contributed by atoms with Crippen LogP contribution >= 0.6 is 0 Å². The van der Waals surface area contributed by atoms with Gasteiger partial charge in [-0.3, -0.25) is 9.78 Å². The lowest BCUT2D eigenvalue weighted by atomic mass is 9.91. The van der Waals surface area contributed by atoms with E-state index in [2.05, 4.69) is 40.7 Å². The molecule has 122 valence electrons. The van der Waals surface area contributed by atoms with E-state index in [-0.39, 0.29) is 17.4 Å². The predicted octanol–water partition coefficient (Wildman–Crippen LogP) is 2.97. The highest BCUT2D eigenvalue weighted by molar-refractivity contribution is 5.77. The third kappa shape index (κ3) is 3.57. The zero-order chi connectivity index (χ0) is 16.4. The van der Waals surface area contributed by atoms with E-state index in [1.54, 1.807) is 24.8 Å². The minimum atomic E-state index is -0.000946. The van der Waals surface area contributed by atoms with Gasteiger partial charge < -0.3 is 9.88 Å². The molecule has 0 aliphatic carbocycles. The number of rotatable bonds is 3. The minimum absolute atomic E-state index is 0.000946. The Hall–Kier alpha value is -2.24. The van der Waals surface area contributed by atoms with E-state index in [0.29, 0.717) is 17.9 Å². The molecule has 1 atom stereocenters. The first-order valence-corrected chi connectivity index (χ1v) is 8.05. The molecular formula is C17H23N5O. The van der Waals surface area contributed by atoms with Crippen LogP contribution in [0.15, 0.2) is 24.8 Å². The Bertz CT molecular complexity index is 657. The number of nitrogens with zero attached hydrogens (tertiary/aromatic N) is 4. The van der Waals surface area contributed by atoms with Gasteiger partial charge in [0.05, 0.1) is 24.1 Å². The number of imidazole rings is 1. The van der Waals surface area contributed by atoms with Crippen LogP contribution in [0.25, 0.3) is 11.5 Å². The Morgan fingerprint density at radius 2 is 2.13 bits per heavy atom. The molecule has 2 aromatic heterocycles. The Labute approximate surface area is 136 Å². The van der Waals surface area contributed by atoms with Gasteiger partial charge in [0.15, 0.2) is 5.82 Å². The smallest absolute Gasteiger partial charge is 0.223 e. The molecule has 2 aromatic rings. The molecule has 0 aromatic carbocycles. The van der Waals surface area contributed by atoms with Crippen molar-refractivity contribution in [2.45, 2.75) is 46.1 Å². The molecule has 1 amide bonds. The van der Waals surface area contributed by atoms with E-state index in [9.17, 15) is 4.79 Å². The van der Waals surface area contributed by atoms with Crippen molar-refractivity contribution in [2.24, 2.45) is 5.41 Å². The fourth-order valence-corrected chi connectivity index (χ4v) is 2.97. The molecule has 3 rings (SSSR count). The van der Waals surface area contributed by atoms with E-state index >= 15 is 0 Å². The second-order valence-corrected chi connectivity index (χ2v) is 7.25. The Kier molecular flexibility index (Phi) is 4.15. The lowest BCUT2D eigenvalue weighted by Crippen LogP contribution is -2.33. The summed E-state index contributed by atoms with van der Waals surface area (Å²) in [4.78, 5) is 30.7. The van der Waals surface area contributed by atoms with Crippen LogP contribution in [-0.2, 0) is 4.79 Å². The monoisotopic (exact) mass is 313 g/mol. The van der Waals surface area contributed by atoms with Crippen LogP contribution in [0.5, 0.6) is 0 Å². The number of aromatic amines is 1. The zero-order valence-electron chi connectivity index (χ0n) is 13.9. The van der Waals surface area contributed by atoms with Crippen molar-refractivity contribution in [3.63, 3.8) is 0 Å². The number of amides is 1. The number of carbonyl (C=O) groups is 1. The van der Waals surface area contributed by atoms with Gasteiger partial charge in [0.25, 0.3) is 0 Å². The van der Waals surface area contributed by atoms with E-state index in [1.165, 1.54) is 0 Å². The van der Waals surface area contributed by atoms with Gasteiger partial charge in [-0.2, -0.15) is 0 Å². The number of nitrogens with one attached hydrogen (secondary N) is 1. The van der Waals surface area contributed by atoms with Gasteiger partial charge >= 0.3 is 0 Å². The van der Waals surface area contributed by atoms with Gasteiger partial charge in [-0.15, -0.1) is 0 Å². The number of aromatic nitrogens is 4. The molecule has 0 saturated carbocycles. The Morgan fingerprint density at radius 3 is 2.74 bits per heavy atom. The summed E-state index contributed by atoms with van der Waals surface area (Å²) in [5.41, 5.74) is 1.57. The Morgan fingerprint density at radius 1 is 1.30 bits per heavy atom. The fraction of sp³-hybridized carbons (Fsp3) is 0.529. The van der Waals surface area contributed by atoms with Crippen LogP contribution in [0.4, 0.5) is 0 Å².